The maximum Gasteiger partial charge on any atom is 0.306 e. The second kappa shape index (κ2) is 6.88. The van der Waals surface area contributed by atoms with Gasteiger partial charge in [0.1, 0.15) is 0 Å². The van der Waals surface area contributed by atoms with Crippen molar-refractivity contribution < 1.29 is 9.90 Å². The highest BCUT2D eigenvalue weighted by atomic mass is 16.4. The molecule has 1 aromatic rings. The molecule has 0 bridgehead atoms. The second-order valence-corrected chi connectivity index (χ2v) is 6.05. The van der Waals surface area contributed by atoms with E-state index < -0.39 is 5.97 Å². The molecule has 1 aromatic heterocycles. The van der Waals surface area contributed by atoms with Gasteiger partial charge in [0.05, 0.1) is 17.9 Å². The molecule has 1 aliphatic rings. The van der Waals surface area contributed by atoms with Gasteiger partial charge in [-0.25, -0.2) is 4.98 Å². The van der Waals surface area contributed by atoms with Crippen molar-refractivity contribution in [1.29, 1.82) is 0 Å². The Kier molecular flexibility index (Phi) is 5.17. The Morgan fingerprint density at radius 1 is 1.60 bits per heavy atom. The average molecular weight is 279 g/mol. The number of hydrogen-bond acceptors (Lipinski definition) is 3. The molecule has 3 atom stereocenters. The monoisotopic (exact) mass is 279 g/mol. The van der Waals surface area contributed by atoms with Gasteiger partial charge in [0.2, 0.25) is 0 Å². The Labute approximate surface area is 120 Å². The van der Waals surface area contributed by atoms with E-state index in [-0.39, 0.29) is 5.92 Å². The van der Waals surface area contributed by atoms with E-state index in [1.807, 2.05) is 12.5 Å². The van der Waals surface area contributed by atoms with Crippen LogP contribution in [0.25, 0.3) is 0 Å². The van der Waals surface area contributed by atoms with Gasteiger partial charge in [0, 0.05) is 18.7 Å². The minimum Gasteiger partial charge on any atom is -0.481 e. The SMILES string of the molecule is C[C@@H]1CCC(n2cnc(CC(CCCN)C(=O)O)c2)C1. The van der Waals surface area contributed by atoms with Gasteiger partial charge in [-0.3, -0.25) is 4.79 Å². The number of carbonyl (C=O) groups is 1. The van der Waals surface area contributed by atoms with Gasteiger partial charge in [-0.15, -0.1) is 0 Å². The Morgan fingerprint density at radius 3 is 3.00 bits per heavy atom. The van der Waals surface area contributed by atoms with Crippen LogP contribution in [0.5, 0.6) is 0 Å². The molecule has 3 N–H and O–H groups in total. The molecular formula is C15H25N3O2. The number of rotatable bonds is 7. The van der Waals surface area contributed by atoms with Gasteiger partial charge in [0.25, 0.3) is 0 Å². The molecule has 0 aromatic carbocycles. The fourth-order valence-electron chi connectivity index (χ4n) is 3.06. The summed E-state index contributed by atoms with van der Waals surface area (Å²) in [6.07, 6.45) is 9.44. The van der Waals surface area contributed by atoms with Gasteiger partial charge in [-0.2, -0.15) is 0 Å². The molecule has 0 amide bonds. The number of aromatic nitrogens is 2. The first-order valence-electron chi connectivity index (χ1n) is 7.55. The van der Waals surface area contributed by atoms with Crippen LogP contribution in [0.2, 0.25) is 0 Å². The van der Waals surface area contributed by atoms with E-state index in [0.717, 1.165) is 18.0 Å². The minimum atomic E-state index is -0.748. The lowest BCUT2D eigenvalue weighted by molar-refractivity contribution is -0.142. The number of nitrogens with two attached hydrogens (primary N) is 1. The second-order valence-electron chi connectivity index (χ2n) is 6.05. The molecule has 5 heteroatoms. The average Bonchev–Trinajstić information content (AvgIpc) is 3.02. The summed E-state index contributed by atoms with van der Waals surface area (Å²) in [5, 5.41) is 9.24. The first-order chi connectivity index (χ1) is 9.60. The minimum absolute atomic E-state index is 0.371. The highest BCUT2D eigenvalue weighted by Gasteiger charge is 2.24. The summed E-state index contributed by atoms with van der Waals surface area (Å²) in [4.78, 5) is 15.6. The van der Waals surface area contributed by atoms with Gasteiger partial charge >= 0.3 is 5.97 Å². The molecule has 20 heavy (non-hydrogen) atoms. The van der Waals surface area contributed by atoms with Crippen LogP contribution in [-0.2, 0) is 11.2 Å². The van der Waals surface area contributed by atoms with Crippen LogP contribution in [0.15, 0.2) is 12.5 Å². The zero-order chi connectivity index (χ0) is 14.5. The van der Waals surface area contributed by atoms with Crippen LogP contribution < -0.4 is 5.73 Å². The lowest BCUT2D eigenvalue weighted by Gasteiger charge is -2.11. The Balaban J connectivity index is 1.95. The lowest BCUT2D eigenvalue weighted by atomic mass is 9.98. The molecule has 1 heterocycles. The summed E-state index contributed by atoms with van der Waals surface area (Å²) >= 11 is 0. The summed E-state index contributed by atoms with van der Waals surface area (Å²) in [7, 11) is 0. The van der Waals surface area contributed by atoms with Crippen LogP contribution in [0.1, 0.15) is 50.8 Å². The molecule has 1 fully saturated rings. The van der Waals surface area contributed by atoms with Crippen molar-refractivity contribution in [1.82, 2.24) is 9.55 Å². The van der Waals surface area contributed by atoms with E-state index in [0.29, 0.717) is 25.4 Å². The summed E-state index contributed by atoms with van der Waals surface area (Å²) in [5.74, 6) is -0.339. The van der Waals surface area contributed by atoms with E-state index in [4.69, 9.17) is 5.73 Å². The molecule has 112 valence electrons. The molecular weight excluding hydrogens is 254 g/mol. The van der Waals surface area contributed by atoms with Crippen molar-refractivity contribution >= 4 is 5.97 Å². The summed E-state index contributed by atoms with van der Waals surface area (Å²) in [5.41, 5.74) is 6.34. The quantitative estimate of drug-likeness (QED) is 0.802. The van der Waals surface area contributed by atoms with Gasteiger partial charge in [-0.1, -0.05) is 6.92 Å². The van der Waals surface area contributed by atoms with E-state index in [9.17, 15) is 9.90 Å². The normalized spacial score (nSPS) is 23.9. The van der Waals surface area contributed by atoms with Crippen molar-refractivity contribution in [2.75, 3.05) is 6.54 Å². The number of carboxylic acid groups (broad SMARTS) is 1. The molecule has 2 rings (SSSR count). The van der Waals surface area contributed by atoms with E-state index in [2.05, 4.69) is 16.5 Å². The Morgan fingerprint density at radius 2 is 2.40 bits per heavy atom. The largest absolute Gasteiger partial charge is 0.481 e. The number of hydrogen-bond donors (Lipinski definition) is 2. The number of carboxylic acids is 1. The summed E-state index contributed by atoms with van der Waals surface area (Å²) in [6.45, 7) is 2.82. The third-order valence-corrected chi connectivity index (χ3v) is 4.31. The predicted octanol–water partition coefficient (Wildman–Crippen LogP) is 2.23. The summed E-state index contributed by atoms with van der Waals surface area (Å²) in [6, 6.07) is 0.540. The van der Waals surface area contributed by atoms with Crippen molar-refractivity contribution in [2.45, 2.75) is 51.5 Å². The van der Waals surface area contributed by atoms with E-state index in [1.54, 1.807) is 0 Å². The van der Waals surface area contributed by atoms with Crippen molar-refractivity contribution in [3.8, 4) is 0 Å². The van der Waals surface area contributed by atoms with Crippen molar-refractivity contribution in [2.24, 2.45) is 17.6 Å². The topological polar surface area (TPSA) is 81.1 Å². The first kappa shape index (κ1) is 15.0. The Hall–Kier alpha value is -1.36. The number of imidazole rings is 1. The van der Waals surface area contributed by atoms with Crippen molar-refractivity contribution in [3.63, 3.8) is 0 Å². The maximum absolute atomic E-state index is 11.2. The van der Waals surface area contributed by atoms with E-state index in [1.165, 1.54) is 19.3 Å². The molecule has 1 saturated carbocycles. The van der Waals surface area contributed by atoms with Crippen LogP contribution in [0.4, 0.5) is 0 Å². The molecule has 1 aliphatic carbocycles. The number of nitrogens with zero attached hydrogens (tertiary/aromatic N) is 2. The first-order valence-corrected chi connectivity index (χ1v) is 7.55. The van der Waals surface area contributed by atoms with Gasteiger partial charge in [-0.05, 0) is 44.6 Å². The summed E-state index contributed by atoms with van der Waals surface area (Å²) < 4.78 is 2.17. The zero-order valence-corrected chi connectivity index (χ0v) is 12.2. The fraction of sp³-hybridized carbons (Fsp3) is 0.733. The molecule has 0 aliphatic heterocycles. The zero-order valence-electron chi connectivity index (χ0n) is 12.2. The maximum atomic E-state index is 11.2. The smallest absolute Gasteiger partial charge is 0.306 e. The molecule has 0 saturated heterocycles. The molecule has 0 radical (unpaired) electrons. The Bertz CT molecular complexity index is 444. The third kappa shape index (κ3) is 3.82. The standard InChI is InChI=1S/C15H25N3O2/c1-11-4-5-14(7-11)18-9-13(17-10-18)8-12(15(19)20)3-2-6-16/h9-12,14H,2-8,16H2,1H3,(H,19,20)/t11-,12?,14?/m1/s1. The molecule has 5 nitrogen and oxygen atoms in total. The highest BCUT2D eigenvalue weighted by Crippen LogP contribution is 2.34. The number of aliphatic carboxylic acids is 1. The highest BCUT2D eigenvalue weighted by molar-refractivity contribution is 5.70. The van der Waals surface area contributed by atoms with Crippen LogP contribution in [0, 0.1) is 11.8 Å². The van der Waals surface area contributed by atoms with Crippen LogP contribution >= 0.6 is 0 Å². The lowest BCUT2D eigenvalue weighted by Crippen LogP contribution is -2.18. The molecule has 2 unspecified atom stereocenters. The van der Waals surface area contributed by atoms with E-state index >= 15 is 0 Å². The van der Waals surface area contributed by atoms with Crippen LogP contribution in [0.3, 0.4) is 0 Å². The van der Waals surface area contributed by atoms with Gasteiger partial charge < -0.3 is 15.4 Å². The molecule has 0 spiro atoms. The predicted molar refractivity (Wildman–Crippen MR) is 77.4 cm³/mol. The fourth-order valence-corrected chi connectivity index (χ4v) is 3.06. The third-order valence-electron chi connectivity index (χ3n) is 4.31. The van der Waals surface area contributed by atoms with Crippen LogP contribution in [-0.4, -0.2) is 27.2 Å². The van der Waals surface area contributed by atoms with Gasteiger partial charge in [0.15, 0.2) is 0 Å². The van der Waals surface area contributed by atoms with Crippen molar-refractivity contribution in [3.05, 3.63) is 18.2 Å².